The van der Waals surface area contributed by atoms with E-state index in [-0.39, 0.29) is 30.0 Å². The summed E-state index contributed by atoms with van der Waals surface area (Å²) < 4.78 is 11.1. The third-order valence-corrected chi connectivity index (χ3v) is 4.87. The van der Waals surface area contributed by atoms with Gasteiger partial charge in [-0.3, -0.25) is 0 Å². The molecule has 0 amide bonds. The lowest BCUT2D eigenvalue weighted by molar-refractivity contribution is -0.149. The van der Waals surface area contributed by atoms with Crippen LogP contribution in [0.3, 0.4) is 0 Å². The van der Waals surface area contributed by atoms with E-state index in [2.05, 4.69) is 19.9 Å². The van der Waals surface area contributed by atoms with Crippen molar-refractivity contribution in [2.45, 2.75) is 65.3 Å². The third-order valence-electron chi connectivity index (χ3n) is 4.87. The molecular weight excluding hydrogens is 311 g/mol. The highest BCUT2D eigenvalue weighted by Crippen LogP contribution is 2.29. The largest absolute Gasteiger partial charge is 0.458 e. The molecule has 1 N–H and O–H groups in total. The Morgan fingerprint density at radius 1 is 1.43 bits per heavy atom. The lowest BCUT2D eigenvalue weighted by Crippen LogP contribution is -2.40. The van der Waals surface area contributed by atoms with Crippen LogP contribution in [-0.4, -0.2) is 36.5 Å². The van der Waals surface area contributed by atoms with Gasteiger partial charge in [-0.2, -0.15) is 0 Å². The molecule has 0 aliphatic carbocycles. The first-order valence-electron chi connectivity index (χ1n) is 8.65. The van der Waals surface area contributed by atoms with Gasteiger partial charge in [-0.15, -0.1) is 0 Å². The molecule has 0 spiro atoms. The van der Waals surface area contributed by atoms with Gasteiger partial charge in [0.2, 0.25) is 0 Å². The Hall–Kier alpha value is -1.13. The van der Waals surface area contributed by atoms with E-state index in [4.69, 9.17) is 9.47 Å². The predicted octanol–water partition coefficient (Wildman–Crippen LogP) is 3.50. The molecule has 0 saturated heterocycles. The summed E-state index contributed by atoms with van der Waals surface area (Å²) in [5.41, 5.74) is 0. The van der Waals surface area contributed by atoms with E-state index < -0.39 is 6.10 Å². The molecule has 4 nitrogen and oxygen atoms in total. The number of carbonyl (C=O) groups excluding carboxylic acids is 1. The number of aliphatic hydroxyl groups is 1. The van der Waals surface area contributed by atoms with E-state index in [9.17, 15) is 9.90 Å². The van der Waals surface area contributed by atoms with E-state index in [1.807, 2.05) is 26.0 Å². The van der Waals surface area contributed by atoms with Crippen molar-refractivity contribution in [3.05, 3.63) is 24.3 Å². The first-order valence-corrected chi connectivity index (χ1v) is 8.65. The molecule has 0 aromatic heterocycles. The summed E-state index contributed by atoms with van der Waals surface area (Å²) >= 11 is 0. The zero-order valence-electron chi connectivity index (χ0n) is 15.1. The van der Waals surface area contributed by atoms with Gasteiger partial charge in [0.1, 0.15) is 6.10 Å². The molecule has 132 valence electrons. The summed E-state index contributed by atoms with van der Waals surface area (Å²) in [5.74, 6) is 0.152. The van der Waals surface area contributed by atoms with Crippen molar-refractivity contribution in [1.82, 2.24) is 0 Å². The minimum atomic E-state index is -0.564. The number of esters is 1. The fourth-order valence-electron chi connectivity index (χ4n) is 3.35. The minimum absolute atomic E-state index is 0.0256. The molecule has 1 aliphatic rings. The Labute approximate surface area is 140 Å². The van der Waals surface area contributed by atoms with Gasteiger partial charge in [-0.25, -0.2) is 4.79 Å². The number of allylic oxidation sites excluding steroid dienone is 2. The second-order valence-corrected chi connectivity index (χ2v) is 6.55. The molecule has 0 aromatic rings. The van der Waals surface area contributed by atoms with Crippen LogP contribution in [0.25, 0.3) is 0 Å². The van der Waals surface area contributed by atoms with Crippen LogP contribution in [-0.2, 0) is 14.3 Å². The molecule has 1 rings (SSSR count). The second-order valence-electron chi connectivity index (χ2n) is 6.55. The summed E-state index contributed by atoms with van der Waals surface area (Å²) in [6.45, 7) is 8.21. The summed E-state index contributed by atoms with van der Waals surface area (Å²) in [7, 11) is 1.69. The van der Waals surface area contributed by atoms with E-state index in [0.29, 0.717) is 12.3 Å². The van der Waals surface area contributed by atoms with E-state index in [0.717, 1.165) is 12.8 Å². The molecule has 0 unspecified atom stereocenters. The van der Waals surface area contributed by atoms with Crippen molar-refractivity contribution >= 4 is 5.97 Å². The van der Waals surface area contributed by atoms with Crippen LogP contribution in [0.1, 0.15) is 47.0 Å². The van der Waals surface area contributed by atoms with Gasteiger partial charge >= 0.3 is 5.97 Å². The number of hydrogen-bond acceptors (Lipinski definition) is 4. The maximum Gasteiger partial charge on any atom is 0.330 e. The van der Waals surface area contributed by atoms with Crippen LogP contribution < -0.4 is 0 Å². The maximum atomic E-state index is 11.5. The lowest BCUT2D eigenvalue weighted by atomic mass is 10.8. The molecule has 0 saturated carbocycles. The third kappa shape index (κ3) is 5.78. The van der Waals surface area contributed by atoms with Crippen molar-refractivity contribution in [3.63, 3.8) is 0 Å². The van der Waals surface area contributed by atoms with Crippen molar-refractivity contribution < 1.29 is 19.4 Å². The number of carbonyl (C=O) groups is 1. The predicted molar refractivity (Wildman–Crippen MR) is 92.0 cm³/mol. The Morgan fingerprint density at radius 2 is 2.13 bits per heavy atom. The highest BCUT2D eigenvalue weighted by Gasteiger charge is 2.33. The summed E-state index contributed by atoms with van der Waals surface area (Å²) in [6.07, 6.45) is 8.95. The van der Waals surface area contributed by atoms with Crippen LogP contribution in [0.2, 0.25) is 0 Å². The summed E-state index contributed by atoms with van der Waals surface area (Å²) in [5, 5.41) is 10.6. The summed E-state index contributed by atoms with van der Waals surface area (Å²) in [6, 6.07) is 0. The molecule has 0 aromatic carbocycles. The molecule has 4 heteroatoms. The minimum Gasteiger partial charge on any atom is -0.458 e. The molecule has 1 heterocycles. The zero-order valence-corrected chi connectivity index (χ0v) is 15.1. The van der Waals surface area contributed by atoms with Crippen molar-refractivity contribution in [1.29, 1.82) is 0 Å². The number of methoxy groups -OCH3 is 1. The second kappa shape index (κ2) is 9.89. The smallest absolute Gasteiger partial charge is 0.330 e. The average molecular weight is 343 g/mol. The molecule has 0 fully saturated rings. The molecule has 0 radical (unpaired) electrons. The Bertz CT molecular complexity index is 416. The number of rotatable bonds is 9. The van der Waals surface area contributed by atoms with Gasteiger partial charge in [0.05, 0.1) is 12.2 Å². The SMILES string of the molecule is [13CH3]/[13CH]=[13CH]/[13CH2][13C@@H]([13CH3])[13C@@H](O[13CH3])[13C@H]([13CH3])[13C@@H](O)[13CH2][13C@H]1O[13C](=O)[13CH]=[13CH][13C@H]1[13CH2][13CH3]. The number of ether oxygens (including phenoxy) is 2. The molecule has 0 bridgehead atoms. The normalized spacial score (nSPS) is 26.8. The lowest BCUT2D eigenvalue weighted by Gasteiger charge is -2.34. The molecule has 6 atom stereocenters. The zero-order chi connectivity index (χ0) is 17.4. The van der Waals surface area contributed by atoms with Gasteiger partial charge in [0, 0.05) is 31.4 Å². The van der Waals surface area contributed by atoms with Crippen molar-refractivity contribution in [3.8, 4) is 0 Å². The molecule has 23 heavy (non-hydrogen) atoms. The Balaban J connectivity index is 2.68. The maximum absolute atomic E-state index is 11.5. The Morgan fingerprint density at radius 3 is 2.70 bits per heavy atom. The fourth-order valence-corrected chi connectivity index (χ4v) is 3.35. The highest BCUT2D eigenvalue weighted by molar-refractivity contribution is 5.82. The van der Waals surface area contributed by atoms with Gasteiger partial charge in [0.25, 0.3) is 0 Å². The number of aliphatic hydroxyl groups excluding tert-OH is 1. The molecular formula is C19H32O4. The van der Waals surface area contributed by atoms with Crippen LogP contribution in [0.5, 0.6) is 0 Å². The first-order chi connectivity index (χ1) is 10.9. The molecule has 1 aliphatic heterocycles. The van der Waals surface area contributed by atoms with Crippen LogP contribution in [0, 0.1) is 17.8 Å². The van der Waals surface area contributed by atoms with Gasteiger partial charge in [-0.05, 0) is 25.7 Å². The van der Waals surface area contributed by atoms with Crippen LogP contribution in [0.4, 0.5) is 0 Å². The van der Waals surface area contributed by atoms with Crippen LogP contribution in [0.15, 0.2) is 24.3 Å². The first kappa shape index (κ1) is 19.9. The quantitative estimate of drug-likeness (QED) is 0.395. The monoisotopic (exact) mass is 343 g/mol. The van der Waals surface area contributed by atoms with E-state index in [1.54, 1.807) is 7.11 Å². The van der Waals surface area contributed by atoms with E-state index >= 15 is 0 Å². The van der Waals surface area contributed by atoms with Gasteiger partial charge in [0.15, 0.2) is 0 Å². The number of cyclic esters (lactones) is 1. The topological polar surface area (TPSA) is 55.8 Å². The van der Waals surface area contributed by atoms with Gasteiger partial charge < -0.3 is 14.6 Å². The Kier molecular flexibility index (Phi) is 8.56. The highest BCUT2D eigenvalue weighted by atomic mass is 16.7. The number of hydrogen-bond donors (Lipinski definition) is 1. The summed E-state index contributed by atoms with van der Waals surface area (Å²) in [4.78, 5) is 11.5. The fraction of sp³-hybridized carbons (Fsp3) is 0.737. The van der Waals surface area contributed by atoms with Crippen molar-refractivity contribution in [2.24, 2.45) is 17.8 Å². The standard InChI is InChI=1S/C19H32O4/c1-6-8-9-13(3)19(22-5)14(4)16(20)12-17-15(7-2)10-11-18(21)23-17/h6,8,10-11,13-17,19-20H,7,9,12H2,1-5H3/b8-6+/t13-,14-,15-,16+,17-,19-/m1/s1/i1+1,2+1,3+1,4+1,5+1,6+1,7+1,8+1,9+1,10+1,11+1,12+1,13+1,14+1,15+1,16+1,17+1,18+1,19+1. The van der Waals surface area contributed by atoms with Crippen LogP contribution >= 0.6 is 0 Å². The average Bonchev–Trinajstić information content (AvgIpc) is 2.53. The van der Waals surface area contributed by atoms with Crippen molar-refractivity contribution in [2.75, 3.05) is 7.11 Å². The van der Waals surface area contributed by atoms with Gasteiger partial charge in [-0.1, -0.05) is 39.0 Å². The van der Waals surface area contributed by atoms with E-state index in [1.165, 1.54) is 6.08 Å².